The van der Waals surface area contributed by atoms with Gasteiger partial charge in [-0.2, -0.15) is 5.26 Å². The fourth-order valence-electron chi connectivity index (χ4n) is 2.17. The Bertz CT molecular complexity index is 472. The van der Waals surface area contributed by atoms with Crippen molar-refractivity contribution in [2.75, 3.05) is 6.54 Å². The zero-order chi connectivity index (χ0) is 12.4. The normalized spacial score (nSPS) is 19.1. The van der Waals surface area contributed by atoms with Crippen molar-refractivity contribution in [3.8, 4) is 6.07 Å². The molecule has 0 bridgehead atoms. The number of carbonyl (C=O) groups is 1. The zero-order valence-electron chi connectivity index (χ0n) is 9.61. The number of hydrogen-bond acceptors (Lipinski definition) is 2. The molecule has 1 aliphatic rings. The summed E-state index contributed by atoms with van der Waals surface area (Å²) < 4.78 is 0.897. The SMILES string of the molecule is Cc1cc(Br)cc(C(=O)N2CCCC2C#N)c1. The van der Waals surface area contributed by atoms with Crippen molar-refractivity contribution in [1.29, 1.82) is 5.26 Å². The third-order valence-electron chi connectivity index (χ3n) is 2.95. The molecule has 0 aromatic heterocycles. The molecule has 1 fully saturated rings. The summed E-state index contributed by atoms with van der Waals surface area (Å²) in [6.45, 7) is 2.63. The molecule has 1 heterocycles. The number of benzene rings is 1. The molecule has 0 aliphatic carbocycles. The lowest BCUT2D eigenvalue weighted by molar-refractivity contribution is 0.0764. The van der Waals surface area contributed by atoms with Crippen molar-refractivity contribution in [2.45, 2.75) is 25.8 Å². The molecule has 0 spiro atoms. The van der Waals surface area contributed by atoms with Gasteiger partial charge >= 0.3 is 0 Å². The Balaban J connectivity index is 2.28. The van der Waals surface area contributed by atoms with Crippen LogP contribution in [0.3, 0.4) is 0 Å². The fourth-order valence-corrected chi connectivity index (χ4v) is 2.78. The van der Waals surface area contributed by atoms with Crippen molar-refractivity contribution in [3.63, 3.8) is 0 Å². The number of nitrogens with zero attached hydrogens (tertiary/aromatic N) is 2. The van der Waals surface area contributed by atoms with Gasteiger partial charge in [-0.25, -0.2) is 0 Å². The summed E-state index contributed by atoms with van der Waals surface area (Å²) in [5, 5.41) is 8.99. The molecule has 1 saturated heterocycles. The van der Waals surface area contributed by atoms with E-state index in [1.54, 1.807) is 4.90 Å². The van der Waals surface area contributed by atoms with E-state index in [9.17, 15) is 4.79 Å². The Kier molecular flexibility index (Phi) is 3.49. The minimum Gasteiger partial charge on any atom is -0.323 e. The first kappa shape index (κ1) is 12.1. The average molecular weight is 293 g/mol. The Morgan fingerprint density at radius 3 is 2.94 bits per heavy atom. The molecule has 88 valence electrons. The van der Waals surface area contributed by atoms with Crippen molar-refractivity contribution < 1.29 is 4.79 Å². The van der Waals surface area contributed by atoms with E-state index < -0.39 is 0 Å². The summed E-state index contributed by atoms with van der Waals surface area (Å²) in [5.41, 5.74) is 1.69. The van der Waals surface area contributed by atoms with Gasteiger partial charge in [0.15, 0.2) is 0 Å². The van der Waals surface area contributed by atoms with Gasteiger partial charge in [0.25, 0.3) is 5.91 Å². The van der Waals surface area contributed by atoms with E-state index in [2.05, 4.69) is 22.0 Å². The number of nitriles is 1. The van der Waals surface area contributed by atoms with Crippen LogP contribution >= 0.6 is 15.9 Å². The van der Waals surface area contributed by atoms with Crippen LogP contribution in [0.4, 0.5) is 0 Å². The van der Waals surface area contributed by atoms with Crippen molar-refractivity contribution in [2.24, 2.45) is 0 Å². The fraction of sp³-hybridized carbons (Fsp3) is 0.385. The van der Waals surface area contributed by atoms with Crippen LogP contribution in [0.1, 0.15) is 28.8 Å². The lowest BCUT2D eigenvalue weighted by atomic mass is 10.1. The lowest BCUT2D eigenvalue weighted by Gasteiger charge is -2.19. The third-order valence-corrected chi connectivity index (χ3v) is 3.41. The second-order valence-corrected chi connectivity index (χ2v) is 5.22. The quantitative estimate of drug-likeness (QED) is 0.799. The minimum absolute atomic E-state index is 0.0431. The van der Waals surface area contributed by atoms with Crippen LogP contribution in [0.2, 0.25) is 0 Å². The van der Waals surface area contributed by atoms with E-state index in [4.69, 9.17) is 5.26 Å². The summed E-state index contributed by atoms with van der Waals surface area (Å²) in [5.74, 6) is -0.0431. The maximum Gasteiger partial charge on any atom is 0.254 e. The van der Waals surface area contributed by atoms with Crippen LogP contribution in [0, 0.1) is 18.3 Å². The second-order valence-electron chi connectivity index (χ2n) is 4.30. The molecule has 0 radical (unpaired) electrons. The number of hydrogen-bond donors (Lipinski definition) is 0. The summed E-state index contributed by atoms with van der Waals surface area (Å²) in [6.07, 6.45) is 1.70. The first-order valence-electron chi connectivity index (χ1n) is 5.59. The maximum atomic E-state index is 12.3. The van der Waals surface area contributed by atoms with Crippen LogP contribution in [0.5, 0.6) is 0 Å². The highest BCUT2D eigenvalue weighted by atomic mass is 79.9. The predicted octanol–water partition coefficient (Wildman–Crippen LogP) is 2.89. The molecule has 3 nitrogen and oxygen atoms in total. The highest BCUT2D eigenvalue weighted by Crippen LogP contribution is 2.22. The van der Waals surface area contributed by atoms with Crippen molar-refractivity contribution in [3.05, 3.63) is 33.8 Å². The molecule has 1 aromatic rings. The van der Waals surface area contributed by atoms with Gasteiger partial charge < -0.3 is 4.90 Å². The minimum atomic E-state index is -0.262. The van der Waals surface area contributed by atoms with E-state index in [0.717, 1.165) is 22.9 Å². The molecule has 1 amide bonds. The molecule has 17 heavy (non-hydrogen) atoms. The van der Waals surface area contributed by atoms with Crippen LogP contribution in [0.25, 0.3) is 0 Å². The largest absolute Gasteiger partial charge is 0.323 e. The zero-order valence-corrected chi connectivity index (χ0v) is 11.2. The lowest BCUT2D eigenvalue weighted by Crippen LogP contribution is -2.34. The van der Waals surface area contributed by atoms with Crippen molar-refractivity contribution in [1.82, 2.24) is 4.90 Å². The number of amides is 1. The molecule has 1 aliphatic heterocycles. The van der Waals surface area contributed by atoms with Gasteiger partial charge in [0, 0.05) is 16.6 Å². The van der Waals surface area contributed by atoms with Gasteiger partial charge in [-0.05, 0) is 43.5 Å². The Morgan fingerprint density at radius 1 is 1.53 bits per heavy atom. The molecule has 2 rings (SSSR count). The van der Waals surface area contributed by atoms with Gasteiger partial charge in [0.05, 0.1) is 6.07 Å². The van der Waals surface area contributed by atoms with Crippen LogP contribution in [-0.4, -0.2) is 23.4 Å². The average Bonchev–Trinajstić information content (AvgIpc) is 2.74. The maximum absolute atomic E-state index is 12.3. The summed E-state index contributed by atoms with van der Waals surface area (Å²) >= 11 is 3.39. The molecule has 1 aromatic carbocycles. The smallest absolute Gasteiger partial charge is 0.254 e. The van der Waals surface area contributed by atoms with E-state index in [1.807, 2.05) is 25.1 Å². The second kappa shape index (κ2) is 4.89. The number of rotatable bonds is 1. The molecule has 4 heteroatoms. The van der Waals surface area contributed by atoms with Gasteiger partial charge in [-0.3, -0.25) is 4.79 Å². The first-order valence-corrected chi connectivity index (χ1v) is 6.39. The van der Waals surface area contributed by atoms with Gasteiger partial charge in [-0.15, -0.1) is 0 Å². The standard InChI is InChI=1S/C13H13BrN2O/c1-9-5-10(7-11(14)6-9)13(17)16-4-2-3-12(16)8-15/h5-7,12H,2-4H2,1H3. The van der Waals surface area contributed by atoms with Gasteiger partial charge in [-0.1, -0.05) is 15.9 Å². The van der Waals surface area contributed by atoms with E-state index in [1.165, 1.54) is 0 Å². The third kappa shape index (κ3) is 2.50. The summed E-state index contributed by atoms with van der Waals surface area (Å²) in [4.78, 5) is 13.9. The highest BCUT2D eigenvalue weighted by Gasteiger charge is 2.29. The van der Waals surface area contributed by atoms with E-state index in [0.29, 0.717) is 12.1 Å². The Hall–Kier alpha value is -1.34. The topological polar surface area (TPSA) is 44.1 Å². The molecule has 0 N–H and O–H groups in total. The number of halogens is 1. The van der Waals surface area contributed by atoms with Gasteiger partial charge in [0.2, 0.25) is 0 Å². The summed E-state index contributed by atoms with van der Waals surface area (Å²) in [7, 11) is 0. The number of carbonyl (C=O) groups excluding carboxylic acids is 1. The van der Waals surface area contributed by atoms with Crippen LogP contribution < -0.4 is 0 Å². The molecular weight excluding hydrogens is 280 g/mol. The van der Waals surface area contributed by atoms with Crippen molar-refractivity contribution >= 4 is 21.8 Å². The van der Waals surface area contributed by atoms with Crippen LogP contribution in [0.15, 0.2) is 22.7 Å². The molecule has 1 atom stereocenters. The Morgan fingerprint density at radius 2 is 2.29 bits per heavy atom. The highest BCUT2D eigenvalue weighted by molar-refractivity contribution is 9.10. The monoisotopic (exact) mass is 292 g/mol. The Labute approximate surface area is 109 Å². The van der Waals surface area contributed by atoms with E-state index in [-0.39, 0.29) is 11.9 Å². The van der Waals surface area contributed by atoms with Crippen LogP contribution in [-0.2, 0) is 0 Å². The molecule has 0 saturated carbocycles. The number of aryl methyl sites for hydroxylation is 1. The number of likely N-dealkylation sites (tertiary alicyclic amines) is 1. The molecule has 1 unspecified atom stereocenters. The summed E-state index contributed by atoms with van der Waals surface area (Å²) in [6, 6.07) is 7.55. The predicted molar refractivity (Wildman–Crippen MR) is 68.6 cm³/mol. The van der Waals surface area contributed by atoms with Gasteiger partial charge in [0.1, 0.15) is 6.04 Å². The van der Waals surface area contributed by atoms with E-state index >= 15 is 0 Å². The first-order chi connectivity index (χ1) is 8.11. The molecular formula is C13H13BrN2O.